The highest BCUT2D eigenvalue weighted by molar-refractivity contribution is 7.98. The normalized spacial score (nSPS) is 10.9. The van der Waals surface area contributed by atoms with Crippen LogP contribution in [0.3, 0.4) is 0 Å². The lowest BCUT2D eigenvalue weighted by Crippen LogP contribution is -1.88. The molecule has 0 saturated heterocycles. The van der Waals surface area contributed by atoms with Crippen molar-refractivity contribution in [3.05, 3.63) is 53.9 Å². The molecule has 9 heteroatoms. The van der Waals surface area contributed by atoms with Crippen molar-refractivity contribution in [2.24, 2.45) is 0 Å². The Labute approximate surface area is 171 Å². The third kappa shape index (κ3) is 4.24. The van der Waals surface area contributed by atoms with Crippen LogP contribution in [0.1, 0.15) is 11.5 Å². The topological polar surface area (TPSA) is 96.3 Å². The van der Waals surface area contributed by atoms with E-state index in [9.17, 15) is 0 Å². The zero-order chi connectivity index (χ0) is 20.2. The first-order valence-electron chi connectivity index (χ1n) is 8.74. The van der Waals surface area contributed by atoms with E-state index in [-0.39, 0.29) is 0 Å². The smallest absolute Gasteiger partial charge is 0.277 e. The van der Waals surface area contributed by atoms with E-state index in [0.29, 0.717) is 45.6 Å². The molecule has 0 aliphatic heterocycles. The van der Waals surface area contributed by atoms with Gasteiger partial charge in [-0.2, -0.15) is 4.98 Å². The maximum atomic E-state index is 5.74. The first-order chi connectivity index (χ1) is 14.2. The molecule has 0 atom stereocenters. The van der Waals surface area contributed by atoms with E-state index in [4.69, 9.17) is 18.4 Å². The molecular weight excluding hydrogens is 392 g/mol. The fourth-order valence-electron chi connectivity index (χ4n) is 2.69. The van der Waals surface area contributed by atoms with Crippen molar-refractivity contribution < 1.29 is 18.4 Å². The van der Waals surface area contributed by atoms with Gasteiger partial charge < -0.3 is 18.4 Å². The third-order valence-corrected chi connectivity index (χ3v) is 4.98. The van der Waals surface area contributed by atoms with Gasteiger partial charge in [-0.3, -0.25) is 0 Å². The monoisotopic (exact) mass is 410 g/mol. The highest BCUT2D eigenvalue weighted by atomic mass is 32.2. The molecule has 0 aliphatic carbocycles. The molecule has 0 radical (unpaired) electrons. The second kappa shape index (κ2) is 8.36. The number of benzene rings is 2. The molecule has 2 aromatic carbocycles. The van der Waals surface area contributed by atoms with E-state index >= 15 is 0 Å². The largest absolute Gasteiger partial charge is 0.497 e. The van der Waals surface area contributed by atoms with Crippen LogP contribution in [0.5, 0.6) is 11.5 Å². The Morgan fingerprint density at radius 2 is 1.76 bits per heavy atom. The summed E-state index contributed by atoms with van der Waals surface area (Å²) in [7, 11) is 3.17. The first kappa shape index (κ1) is 19.0. The third-order valence-electron chi connectivity index (χ3n) is 4.18. The lowest BCUT2D eigenvalue weighted by atomic mass is 10.1. The van der Waals surface area contributed by atoms with E-state index in [2.05, 4.69) is 20.3 Å². The fourth-order valence-corrected chi connectivity index (χ4v) is 3.29. The van der Waals surface area contributed by atoms with Gasteiger partial charge >= 0.3 is 0 Å². The van der Waals surface area contributed by atoms with Gasteiger partial charge in [-0.1, -0.05) is 41.2 Å². The summed E-state index contributed by atoms with van der Waals surface area (Å²) in [6, 6.07) is 13.3. The van der Waals surface area contributed by atoms with E-state index in [0.717, 1.165) is 11.1 Å². The molecule has 0 aliphatic rings. The number of rotatable bonds is 7. The molecule has 2 heterocycles. The predicted molar refractivity (Wildman–Crippen MR) is 107 cm³/mol. The summed E-state index contributed by atoms with van der Waals surface area (Å²) in [4.78, 5) is 4.45. The number of hydrogen-bond acceptors (Lipinski definition) is 9. The molecule has 0 spiro atoms. The minimum absolute atomic E-state index is 0.371. The van der Waals surface area contributed by atoms with Gasteiger partial charge in [-0.15, -0.1) is 10.2 Å². The van der Waals surface area contributed by atoms with Gasteiger partial charge in [0.15, 0.2) is 0 Å². The minimum Gasteiger partial charge on any atom is -0.497 e. The van der Waals surface area contributed by atoms with Gasteiger partial charge in [0.25, 0.3) is 5.22 Å². The molecule has 0 N–H and O–H groups in total. The lowest BCUT2D eigenvalue weighted by Gasteiger charge is -2.05. The summed E-state index contributed by atoms with van der Waals surface area (Å²) in [5.41, 5.74) is 2.74. The van der Waals surface area contributed by atoms with Crippen LogP contribution >= 0.6 is 11.8 Å². The molecule has 148 valence electrons. The zero-order valence-corrected chi connectivity index (χ0v) is 16.9. The second-order valence-corrected chi connectivity index (χ2v) is 7.02. The number of ether oxygens (including phenoxy) is 2. The molecule has 0 amide bonds. The van der Waals surface area contributed by atoms with Crippen molar-refractivity contribution in [3.8, 4) is 34.3 Å². The summed E-state index contributed by atoms with van der Waals surface area (Å²) in [6.07, 6.45) is 0. The van der Waals surface area contributed by atoms with Crippen LogP contribution in [-0.2, 0) is 5.75 Å². The Hall–Kier alpha value is -3.33. The van der Waals surface area contributed by atoms with E-state index in [1.54, 1.807) is 32.4 Å². The maximum Gasteiger partial charge on any atom is 0.277 e. The molecule has 8 nitrogen and oxygen atoms in total. The van der Waals surface area contributed by atoms with Crippen LogP contribution in [0.25, 0.3) is 22.8 Å². The number of aryl methyl sites for hydroxylation is 1. The van der Waals surface area contributed by atoms with Crippen molar-refractivity contribution in [1.29, 1.82) is 0 Å². The van der Waals surface area contributed by atoms with Gasteiger partial charge in [0.1, 0.15) is 11.5 Å². The molecule has 4 aromatic rings. The van der Waals surface area contributed by atoms with Crippen molar-refractivity contribution in [2.75, 3.05) is 14.2 Å². The highest BCUT2D eigenvalue weighted by Gasteiger charge is 2.15. The number of nitrogens with zero attached hydrogens (tertiary/aromatic N) is 4. The number of methoxy groups -OCH3 is 2. The average Bonchev–Trinajstić information content (AvgIpc) is 3.42. The maximum absolute atomic E-state index is 5.74. The van der Waals surface area contributed by atoms with Crippen molar-refractivity contribution in [1.82, 2.24) is 20.3 Å². The summed E-state index contributed by atoms with van der Waals surface area (Å²) in [5, 5.41) is 12.6. The Bertz CT molecular complexity index is 1100. The van der Waals surface area contributed by atoms with Gasteiger partial charge in [0.2, 0.25) is 17.6 Å². The van der Waals surface area contributed by atoms with Gasteiger partial charge in [-0.05, 0) is 24.6 Å². The van der Waals surface area contributed by atoms with Gasteiger partial charge in [0.05, 0.1) is 20.0 Å². The van der Waals surface area contributed by atoms with Crippen LogP contribution < -0.4 is 9.47 Å². The Morgan fingerprint density at radius 3 is 2.48 bits per heavy atom. The lowest BCUT2D eigenvalue weighted by molar-refractivity contribution is 0.390. The SMILES string of the molecule is COc1cc(OC)cc(-c2nnc(SCc3nc(-c4ccccc4C)no3)o2)c1. The van der Waals surface area contributed by atoms with Gasteiger partial charge in [-0.25, -0.2) is 0 Å². The van der Waals surface area contributed by atoms with E-state index in [1.807, 2.05) is 31.2 Å². The zero-order valence-electron chi connectivity index (χ0n) is 16.1. The molecule has 2 aromatic heterocycles. The molecule has 0 fully saturated rings. The van der Waals surface area contributed by atoms with E-state index < -0.39 is 0 Å². The molecule has 0 unspecified atom stereocenters. The Kier molecular flexibility index (Phi) is 5.48. The second-order valence-electron chi connectivity index (χ2n) is 6.09. The average molecular weight is 410 g/mol. The van der Waals surface area contributed by atoms with Crippen LogP contribution in [0.4, 0.5) is 0 Å². The summed E-state index contributed by atoms with van der Waals surface area (Å²) in [6.45, 7) is 2.01. The van der Waals surface area contributed by atoms with Crippen molar-refractivity contribution in [3.63, 3.8) is 0 Å². The minimum atomic E-state index is 0.371. The summed E-state index contributed by atoms with van der Waals surface area (Å²) < 4.78 is 21.6. The summed E-state index contributed by atoms with van der Waals surface area (Å²) >= 11 is 1.32. The molecule has 0 saturated carbocycles. The Morgan fingerprint density at radius 1 is 1.00 bits per heavy atom. The van der Waals surface area contributed by atoms with Crippen LogP contribution in [0.2, 0.25) is 0 Å². The standard InChI is InChI=1S/C20H18N4O4S/c1-12-6-4-5-7-16(12)18-21-17(28-24-18)11-29-20-23-22-19(27-20)13-8-14(25-2)10-15(9-13)26-3/h4-10H,11H2,1-3H3. The Balaban J connectivity index is 1.46. The molecule has 0 bridgehead atoms. The summed E-state index contributed by atoms with van der Waals surface area (Å²) in [5.74, 6) is 3.12. The van der Waals surface area contributed by atoms with Crippen LogP contribution in [0.15, 0.2) is 56.6 Å². The number of hydrogen-bond donors (Lipinski definition) is 0. The number of aromatic nitrogens is 4. The molecular formula is C20H18N4O4S. The fraction of sp³-hybridized carbons (Fsp3) is 0.200. The number of thioether (sulfide) groups is 1. The van der Waals surface area contributed by atoms with Crippen molar-refractivity contribution in [2.45, 2.75) is 17.9 Å². The van der Waals surface area contributed by atoms with Crippen molar-refractivity contribution >= 4 is 11.8 Å². The molecule has 4 rings (SSSR count). The van der Waals surface area contributed by atoms with Crippen LogP contribution in [-0.4, -0.2) is 34.6 Å². The van der Waals surface area contributed by atoms with E-state index in [1.165, 1.54) is 11.8 Å². The predicted octanol–water partition coefficient (Wildman–Crippen LogP) is 4.40. The quantitative estimate of drug-likeness (QED) is 0.411. The highest BCUT2D eigenvalue weighted by Crippen LogP contribution is 2.31. The molecule has 29 heavy (non-hydrogen) atoms. The first-order valence-corrected chi connectivity index (χ1v) is 9.73. The van der Waals surface area contributed by atoms with Gasteiger partial charge in [0, 0.05) is 17.2 Å². The van der Waals surface area contributed by atoms with Crippen LogP contribution in [0, 0.1) is 6.92 Å².